The zero-order chi connectivity index (χ0) is 14.3. The van der Waals surface area contributed by atoms with Gasteiger partial charge in [-0.3, -0.25) is 4.98 Å². The van der Waals surface area contributed by atoms with Gasteiger partial charge >= 0.3 is 0 Å². The van der Waals surface area contributed by atoms with Crippen LogP contribution in [0.4, 0.5) is 0 Å². The van der Waals surface area contributed by atoms with Crippen molar-refractivity contribution in [1.29, 1.82) is 0 Å². The molecule has 19 heavy (non-hydrogen) atoms. The molecule has 1 aromatic rings. The minimum absolute atomic E-state index is 0.276. The summed E-state index contributed by atoms with van der Waals surface area (Å²) >= 11 is 0. The Morgan fingerprint density at radius 3 is 2.74 bits per heavy atom. The van der Waals surface area contributed by atoms with Gasteiger partial charge in [-0.2, -0.15) is 0 Å². The van der Waals surface area contributed by atoms with Crippen molar-refractivity contribution in [3.63, 3.8) is 0 Å². The minimum Gasteiger partial charge on any atom is -0.506 e. The molecule has 0 aliphatic rings. The van der Waals surface area contributed by atoms with Gasteiger partial charge in [0, 0.05) is 18.3 Å². The van der Waals surface area contributed by atoms with E-state index in [1.165, 1.54) is 6.42 Å². The molecule has 0 fully saturated rings. The quantitative estimate of drug-likeness (QED) is 0.708. The summed E-state index contributed by atoms with van der Waals surface area (Å²) in [5, 5.41) is 13.0. The van der Waals surface area contributed by atoms with E-state index in [0.29, 0.717) is 12.6 Å². The standard InChI is InChI=1S/C15H27N3O/c1-12(2)18(4)10-6-5-9-16-11-14-15(19)8-7-13(3)17-14/h7-8,12,16,19H,5-6,9-11H2,1-4H3. The number of nitrogens with zero attached hydrogens (tertiary/aromatic N) is 2. The van der Waals surface area contributed by atoms with E-state index in [9.17, 15) is 5.11 Å². The van der Waals surface area contributed by atoms with E-state index in [1.54, 1.807) is 6.07 Å². The van der Waals surface area contributed by atoms with Crippen molar-refractivity contribution in [3.05, 3.63) is 23.5 Å². The van der Waals surface area contributed by atoms with Crippen molar-refractivity contribution in [2.24, 2.45) is 0 Å². The molecule has 108 valence electrons. The number of aromatic hydroxyl groups is 1. The van der Waals surface area contributed by atoms with E-state index < -0.39 is 0 Å². The van der Waals surface area contributed by atoms with Gasteiger partial charge in [0.15, 0.2) is 0 Å². The molecule has 0 radical (unpaired) electrons. The SMILES string of the molecule is Cc1ccc(O)c(CNCCCCN(C)C(C)C)n1. The predicted molar refractivity (Wildman–Crippen MR) is 79.3 cm³/mol. The number of hydrogen-bond donors (Lipinski definition) is 2. The van der Waals surface area contributed by atoms with E-state index in [2.05, 4.69) is 36.1 Å². The lowest BCUT2D eigenvalue weighted by molar-refractivity contribution is 0.268. The van der Waals surface area contributed by atoms with Crippen molar-refractivity contribution >= 4 is 0 Å². The van der Waals surface area contributed by atoms with Crippen LogP contribution < -0.4 is 5.32 Å². The molecule has 0 saturated heterocycles. The summed E-state index contributed by atoms with van der Waals surface area (Å²) in [4.78, 5) is 6.68. The van der Waals surface area contributed by atoms with Crippen LogP contribution in [0, 0.1) is 6.92 Å². The number of rotatable bonds is 8. The number of nitrogens with one attached hydrogen (secondary N) is 1. The van der Waals surface area contributed by atoms with Crippen LogP contribution in [0.15, 0.2) is 12.1 Å². The number of aromatic nitrogens is 1. The van der Waals surface area contributed by atoms with Gasteiger partial charge in [0.25, 0.3) is 0 Å². The number of unbranched alkanes of at least 4 members (excludes halogenated alkanes) is 1. The van der Waals surface area contributed by atoms with Crippen LogP contribution in [-0.2, 0) is 6.54 Å². The second kappa shape index (κ2) is 8.12. The van der Waals surface area contributed by atoms with Gasteiger partial charge in [-0.05, 0) is 65.9 Å². The van der Waals surface area contributed by atoms with Crippen LogP contribution >= 0.6 is 0 Å². The van der Waals surface area contributed by atoms with Crippen LogP contribution in [0.5, 0.6) is 5.75 Å². The number of hydrogen-bond acceptors (Lipinski definition) is 4. The van der Waals surface area contributed by atoms with Crippen molar-refractivity contribution in [2.75, 3.05) is 20.1 Å². The van der Waals surface area contributed by atoms with Crippen molar-refractivity contribution in [3.8, 4) is 5.75 Å². The number of pyridine rings is 1. The van der Waals surface area contributed by atoms with Crippen LogP contribution in [0.2, 0.25) is 0 Å². The fourth-order valence-electron chi connectivity index (χ4n) is 1.81. The summed E-state index contributed by atoms with van der Waals surface area (Å²) in [5.74, 6) is 0.276. The Balaban J connectivity index is 2.16. The van der Waals surface area contributed by atoms with Gasteiger partial charge in [-0.1, -0.05) is 0 Å². The summed E-state index contributed by atoms with van der Waals surface area (Å²) in [6.45, 7) is 9.08. The summed E-state index contributed by atoms with van der Waals surface area (Å²) in [6, 6.07) is 4.14. The molecule has 0 aromatic carbocycles. The molecule has 1 heterocycles. The van der Waals surface area contributed by atoms with Crippen LogP contribution in [0.1, 0.15) is 38.1 Å². The third-order valence-electron chi connectivity index (χ3n) is 3.38. The molecular formula is C15H27N3O. The topological polar surface area (TPSA) is 48.4 Å². The maximum absolute atomic E-state index is 9.66. The average molecular weight is 265 g/mol. The maximum Gasteiger partial charge on any atom is 0.138 e. The summed E-state index contributed by atoms with van der Waals surface area (Å²) < 4.78 is 0. The maximum atomic E-state index is 9.66. The van der Waals surface area contributed by atoms with E-state index in [-0.39, 0.29) is 5.75 Å². The average Bonchev–Trinajstić information content (AvgIpc) is 2.37. The van der Waals surface area contributed by atoms with Crippen molar-refractivity contribution in [1.82, 2.24) is 15.2 Å². The van der Waals surface area contributed by atoms with Gasteiger partial charge in [0.2, 0.25) is 0 Å². The first-order chi connectivity index (χ1) is 9.00. The third-order valence-corrected chi connectivity index (χ3v) is 3.38. The molecular weight excluding hydrogens is 238 g/mol. The Morgan fingerprint density at radius 1 is 1.32 bits per heavy atom. The van der Waals surface area contributed by atoms with E-state index in [0.717, 1.165) is 30.9 Å². The fraction of sp³-hybridized carbons (Fsp3) is 0.667. The number of aryl methyl sites for hydroxylation is 1. The van der Waals surface area contributed by atoms with Gasteiger partial charge in [-0.15, -0.1) is 0 Å². The molecule has 0 amide bonds. The summed E-state index contributed by atoms with van der Waals surface area (Å²) in [6.07, 6.45) is 2.33. The van der Waals surface area contributed by atoms with Gasteiger partial charge < -0.3 is 15.3 Å². The van der Waals surface area contributed by atoms with Crippen LogP contribution in [0.3, 0.4) is 0 Å². The molecule has 0 unspecified atom stereocenters. The molecule has 0 aliphatic carbocycles. The zero-order valence-corrected chi connectivity index (χ0v) is 12.6. The molecule has 4 nitrogen and oxygen atoms in total. The first kappa shape index (κ1) is 15.9. The lowest BCUT2D eigenvalue weighted by Crippen LogP contribution is -2.27. The van der Waals surface area contributed by atoms with E-state index in [4.69, 9.17) is 0 Å². The lowest BCUT2D eigenvalue weighted by atomic mass is 10.2. The Bertz CT molecular complexity index is 380. The Kier molecular flexibility index (Phi) is 6.81. The lowest BCUT2D eigenvalue weighted by Gasteiger charge is -2.20. The highest BCUT2D eigenvalue weighted by molar-refractivity contribution is 5.27. The van der Waals surface area contributed by atoms with Crippen LogP contribution in [-0.4, -0.2) is 41.2 Å². The monoisotopic (exact) mass is 265 g/mol. The van der Waals surface area contributed by atoms with Gasteiger partial charge in [-0.25, -0.2) is 0 Å². The Labute approximate surface area is 116 Å². The Morgan fingerprint density at radius 2 is 2.05 bits per heavy atom. The first-order valence-electron chi connectivity index (χ1n) is 7.07. The van der Waals surface area contributed by atoms with Crippen molar-refractivity contribution < 1.29 is 5.11 Å². The van der Waals surface area contributed by atoms with E-state index >= 15 is 0 Å². The minimum atomic E-state index is 0.276. The molecule has 0 bridgehead atoms. The summed E-state index contributed by atoms with van der Waals surface area (Å²) in [7, 11) is 2.16. The summed E-state index contributed by atoms with van der Waals surface area (Å²) in [5.41, 5.74) is 1.67. The highest BCUT2D eigenvalue weighted by Crippen LogP contribution is 2.13. The highest BCUT2D eigenvalue weighted by atomic mass is 16.3. The molecule has 1 rings (SSSR count). The molecule has 2 N–H and O–H groups in total. The molecule has 1 aromatic heterocycles. The van der Waals surface area contributed by atoms with Crippen molar-refractivity contribution in [2.45, 2.75) is 46.2 Å². The molecule has 4 heteroatoms. The second-order valence-corrected chi connectivity index (χ2v) is 5.38. The van der Waals surface area contributed by atoms with Gasteiger partial charge in [0.1, 0.15) is 5.75 Å². The van der Waals surface area contributed by atoms with E-state index in [1.807, 2.05) is 13.0 Å². The first-order valence-corrected chi connectivity index (χ1v) is 7.07. The molecule has 0 saturated carbocycles. The normalized spacial score (nSPS) is 11.5. The largest absolute Gasteiger partial charge is 0.506 e. The highest BCUT2D eigenvalue weighted by Gasteiger charge is 2.03. The molecule has 0 atom stereocenters. The second-order valence-electron chi connectivity index (χ2n) is 5.38. The zero-order valence-electron chi connectivity index (χ0n) is 12.6. The molecule has 0 aliphatic heterocycles. The third kappa shape index (κ3) is 6.03. The Hall–Kier alpha value is -1.13. The predicted octanol–water partition coefficient (Wildman–Crippen LogP) is 2.31. The fourth-order valence-corrected chi connectivity index (χ4v) is 1.81. The smallest absolute Gasteiger partial charge is 0.138 e. The molecule has 0 spiro atoms. The van der Waals surface area contributed by atoms with Crippen LogP contribution in [0.25, 0.3) is 0 Å². The van der Waals surface area contributed by atoms with Gasteiger partial charge in [0.05, 0.1) is 5.69 Å².